The number of furan rings is 1. The van der Waals surface area contributed by atoms with Gasteiger partial charge in [0.25, 0.3) is 5.56 Å². The number of nitrogens with one attached hydrogen (secondary N) is 1. The van der Waals surface area contributed by atoms with Crippen LogP contribution in [0.5, 0.6) is 5.88 Å². The molecule has 0 saturated carbocycles. The lowest BCUT2D eigenvalue weighted by atomic mass is 10.3. The molecule has 0 amide bonds. The van der Waals surface area contributed by atoms with E-state index in [1.165, 1.54) is 13.2 Å². The predicted molar refractivity (Wildman–Crippen MR) is 56.7 cm³/mol. The van der Waals surface area contributed by atoms with E-state index in [4.69, 9.17) is 4.42 Å². The smallest absolute Gasteiger partial charge is 0.257 e. The van der Waals surface area contributed by atoms with Crippen LogP contribution in [0, 0.1) is 6.92 Å². The molecule has 0 atom stereocenters. The molecule has 0 spiro atoms. The van der Waals surface area contributed by atoms with Gasteiger partial charge in [0.15, 0.2) is 11.6 Å². The molecule has 0 unspecified atom stereocenters. The average molecular weight is 271 g/mol. The molecule has 0 bridgehead atoms. The van der Waals surface area contributed by atoms with Crippen molar-refractivity contribution in [3.05, 3.63) is 32.7 Å². The van der Waals surface area contributed by atoms with Crippen molar-refractivity contribution >= 4 is 15.9 Å². The minimum Gasteiger partial charge on any atom is -0.493 e. The van der Waals surface area contributed by atoms with E-state index in [1.807, 2.05) is 0 Å². The van der Waals surface area contributed by atoms with E-state index in [9.17, 15) is 9.90 Å². The second kappa shape index (κ2) is 3.54. The maximum absolute atomic E-state index is 11.4. The van der Waals surface area contributed by atoms with Gasteiger partial charge in [-0.15, -0.1) is 0 Å². The first-order chi connectivity index (χ1) is 7.09. The summed E-state index contributed by atoms with van der Waals surface area (Å²) in [6.07, 6.45) is 1.45. The van der Waals surface area contributed by atoms with Gasteiger partial charge in [0.2, 0.25) is 5.88 Å². The van der Waals surface area contributed by atoms with Crippen LogP contribution in [0.3, 0.4) is 0 Å². The molecular formula is C9H7BrN2O3. The van der Waals surface area contributed by atoms with E-state index >= 15 is 0 Å². The van der Waals surface area contributed by atoms with E-state index in [2.05, 4.69) is 25.9 Å². The fourth-order valence-electron chi connectivity index (χ4n) is 1.09. The summed E-state index contributed by atoms with van der Waals surface area (Å²) in [5, 5.41) is 9.38. The van der Waals surface area contributed by atoms with Crippen molar-refractivity contribution in [3.63, 3.8) is 0 Å². The second-order valence-corrected chi connectivity index (χ2v) is 3.82. The first kappa shape index (κ1) is 9.97. The Bertz CT molecular complexity index is 559. The quantitative estimate of drug-likeness (QED) is 0.828. The summed E-state index contributed by atoms with van der Waals surface area (Å²) in [4.78, 5) is 17.7. The fraction of sp³-hybridized carbons (Fsp3) is 0.111. The Morgan fingerprint density at radius 3 is 2.87 bits per heavy atom. The molecule has 0 aromatic carbocycles. The van der Waals surface area contributed by atoms with Gasteiger partial charge in [-0.1, -0.05) is 0 Å². The summed E-state index contributed by atoms with van der Waals surface area (Å²) in [6.45, 7) is 1.49. The van der Waals surface area contributed by atoms with Crippen molar-refractivity contribution in [1.82, 2.24) is 9.97 Å². The van der Waals surface area contributed by atoms with Gasteiger partial charge in [-0.25, -0.2) is 0 Å². The Morgan fingerprint density at radius 2 is 2.33 bits per heavy atom. The number of halogens is 1. The van der Waals surface area contributed by atoms with Gasteiger partial charge in [-0.05, 0) is 28.9 Å². The predicted octanol–water partition coefficient (Wildman–Crippen LogP) is 1.81. The number of H-pyrrole nitrogens is 1. The van der Waals surface area contributed by atoms with Gasteiger partial charge in [0, 0.05) is 0 Å². The monoisotopic (exact) mass is 270 g/mol. The zero-order valence-electron chi connectivity index (χ0n) is 7.74. The fourth-order valence-corrected chi connectivity index (χ4v) is 1.48. The third-order valence-corrected chi connectivity index (χ3v) is 2.58. The van der Waals surface area contributed by atoms with Crippen LogP contribution in [-0.2, 0) is 0 Å². The van der Waals surface area contributed by atoms with Crippen LogP contribution in [0.1, 0.15) is 5.56 Å². The van der Waals surface area contributed by atoms with Gasteiger partial charge >= 0.3 is 0 Å². The molecule has 0 aliphatic carbocycles. The third kappa shape index (κ3) is 1.68. The van der Waals surface area contributed by atoms with Gasteiger partial charge < -0.3 is 14.5 Å². The first-order valence-corrected chi connectivity index (χ1v) is 4.92. The highest BCUT2D eigenvalue weighted by atomic mass is 79.9. The number of aromatic hydroxyl groups is 1. The lowest BCUT2D eigenvalue weighted by Gasteiger charge is -2.00. The second-order valence-electron chi connectivity index (χ2n) is 2.96. The van der Waals surface area contributed by atoms with Crippen LogP contribution in [-0.4, -0.2) is 15.1 Å². The molecular weight excluding hydrogens is 264 g/mol. The number of aromatic nitrogens is 2. The molecule has 2 aromatic heterocycles. The normalized spacial score (nSPS) is 10.5. The summed E-state index contributed by atoms with van der Waals surface area (Å²) in [5.74, 6) is 0.277. The summed E-state index contributed by atoms with van der Waals surface area (Å²) in [5.41, 5.74) is -0.206. The van der Waals surface area contributed by atoms with Crippen LogP contribution in [0.25, 0.3) is 11.6 Å². The molecule has 2 aromatic rings. The molecule has 2 rings (SSSR count). The average Bonchev–Trinajstić information content (AvgIpc) is 2.60. The topological polar surface area (TPSA) is 79.1 Å². The molecule has 0 saturated heterocycles. The lowest BCUT2D eigenvalue weighted by Crippen LogP contribution is -2.11. The number of hydrogen-bond donors (Lipinski definition) is 2. The van der Waals surface area contributed by atoms with Gasteiger partial charge in [-0.2, -0.15) is 4.98 Å². The number of aromatic amines is 1. The van der Waals surface area contributed by atoms with Crippen molar-refractivity contribution < 1.29 is 9.52 Å². The largest absolute Gasteiger partial charge is 0.493 e. The Balaban J connectivity index is 2.66. The zero-order chi connectivity index (χ0) is 11.0. The van der Waals surface area contributed by atoms with Crippen LogP contribution < -0.4 is 5.56 Å². The highest BCUT2D eigenvalue weighted by Crippen LogP contribution is 2.26. The minimum atomic E-state index is -0.388. The van der Waals surface area contributed by atoms with Crippen LogP contribution >= 0.6 is 15.9 Å². The van der Waals surface area contributed by atoms with E-state index < -0.39 is 0 Å². The van der Waals surface area contributed by atoms with E-state index in [0.29, 0.717) is 10.2 Å². The summed E-state index contributed by atoms with van der Waals surface area (Å²) in [7, 11) is 0. The van der Waals surface area contributed by atoms with E-state index in [0.717, 1.165) is 0 Å². The standard InChI is InChI=1S/C9H7BrN2O3/c1-4-8(13)11-7(12-9(4)14)6-5(10)2-3-15-6/h2-3H,1H3,(H2,11,12,13,14). The SMILES string of the molecule is Cc1c(O)nc(-c2occc2Br)[nH]c1=O. The lowest BCUT2D eigenvalue weighted by molar-refractivity contribution is 0.445. The third-order valence-electron chi connectivity index (χ3n) is 1.96. The minimum absolute atomic E-state index is 0.182. The molecule has 0 aliphatic rings. The van der Waals surface area contributed by atoms with Crippen molar-refractivity contribution in [2.45, 2.75) is 6.92 Å². The van der Waals surface area contributed by atoms with Crippen LogP contribution in [0.4, 0.5) is 0 Å². The molecule has 78 valence electrons. The molecule has 15 heavy (non-hydrogen) atoms. The number of rotatable bonds is 1. The molecule has 0 aliphatic heterocycles. The van der Waals surface area contributed by atoms with Gasteiger partial charge in [-0.3, -0.25) is 4.79 Å². The molecule has 2 N–H and O–H groups in total. The van der Waals surface area contributed by atoms with Gasteiger partial charge in [0.05, 0.1) is 16.3 Å². The highest BCUT2D eigenvalue weighted by molar-refractivity contribution is 9.10. The Labute approximate surface area is 92.9 Å². The van der Waals surface area contributed by atoms with Crippen LogP contribution in [0.2, 0.25) is 0 Å². The summed E-state index contributed by atoms with van der Waals surface area (Å²) in [6, 6.07) is 1.67. The maximum Gasteiger partial charge on any atom is 0.257 e. The van der Waals surface area contributed by atoms with Crippen molar-refractivity contribution in [1.29, 1.82) is 0 Å². The number of hydrogen-bond acceptors (Lipinski definition) is 4. The Kier molecular flexibility index (Phi) is 2.36. The summed E-state index contributed by atoms with van der Waals surface area (Å²) >= 11 is 3.23. The number of nitrogens with zero attached hydrogens (tertiary/aromatic N) is 1. The molecule has 6 heteroatoms. The van der Waals surface area contributed by atoms with Crippen LogP contribution in [0.15, 0.2) is 26.0 Å². The molecule has 0 radical (unpaired) electrons. The molecule has 2 heterocycles. The first-order valence-electron chi connectivity index (χ1n) is 4.13. The van der Waals surface area contributed by atoms with Crippen molar-refractivity contribution in [2.24, 2.45) is 0 Å². The van der Waals surface area contributed by atoms with E-state index in [1.54, 1.807) is 6.07 Å². The molecule has 5 nitrogen and oxygen atoms in total. The zero-order valence-corrected chi connectivity index (χ0v) is 9.33. The van der Waals surface area contributed by atoms with Crippen molar-refractivity contribution in [3.8, 4) is 17.5 Å². The van der Waals surface area contributed by atoms with Crippen molar-refractivity contribution in [2.75, 3.05) is 0 Å². The highest BCUT2D eigenvalue weighted by Gasteiger charge is 2.12. The van der Waals surface area contributed by atoms with Gasteiger partial charge in [0.1, 0.15) is 0 Å². The maximum atomic E-state index is 11.4. The summed E-state index contributed by atoms with van der Waals surface area (Å²) < 4.78 is 5.77. The van der Waals surface area contributed by atoms with E-state index in [-0.39, 0.29) is 22.8 Å². The Hall–Kier alpha value is -1.56. The Morgan fingerprint density at radius 1 is 1.60 bits per heavy atom. The molecule has 0 fully saturated rings.